The molecule has 0 fully saturated rings. The number of halogens is 1. The Hall–Kier alpha value is -1.98. The van der Waals surface area contributed by atoms with E-state index in [0.717, 1.165) is 6.07 Å². The van der Waals surface area contributed by atoms with Crippen molar-refractivity contribution in [3.63, 3.8) is 0 Å². The first-order valence-electron chi connectivity index (χ1n) is 3.45. The molecule has 1 N–H and O–H groups in total. The Labute approximate surface area is 71.3 Å². The SMILES string of the molecule is O=[N+]([O-])c1cc(F)cc2cn[nH]c12. The van der Waals surface area contributed by atoms with Gasteiger partial charge in [0.25, 0.3) is 5.69 Å². The Morgan fingerprint density at radius 3 is 3.00 bits per heavy atom. The van der Waals surface area contributed by atoms with Crippen LogP contribution in [0.4, 0.5) is 10.1 Å². The van der Waals surface area contributed by atoms with Crippen LogP contribution in [-0.2, 0) is 0 Å². The lowest BCUT2D eigenvalue weighted by Gasteiger charge is -1.93. The lowest BCUT2D eigenvalue weighted by atomic mass is 10.2. The maximum absolute atomic E-state index is 12.8. The monoisotopic (exact) mass is 181 g/mol. The van der Waals surface area contributed by atoms with E-state index in [4.69, 9.17) is 0 Å². The maximum atomic E-state index is 12.8. The van der Waals surface area contributed by atoms with Gasteiger partial charge in [-0.3, -0.25) is 15.2 Å². The van der Waals surface area contributed by atoms with Gasteiger partial charge in [0.05, 0.1) is 17.2 Å². The molecule has 2 aromatic rings. The molecule has 1 aromatic carbocycles. The summed E-state index contributed by atoms with van der Waals surface area (Å²) in [6, 6.07) is 2.05. The average molecular weight is 181 g/mol. The van der Waals surface area contributed by atoms with Crippen LogP contribution in [-0.4, -0.2) is 15.1 Å². The van der Waals surface area contributed by atoms with Crippen LogP contribution in [0.15, 0.2) is 18.3 Å². The van der Waals surface area contributed by atoms with E-state index in [0.29, 0.717) is 5.39 Å². The van der Waals surface area contributed by atoms with Crippen LogP contribution in [0.25, 0.3) is 10.9 Å². The number of hydrogen-bond donors (Lipinski definition) is 1. The second kappa shape index (κ2) is 2.51. The van der Waals surface area contributed by atoms with Gasteiger partial charge in [-0.1, -0.05) is 0 Å². The number of non-ortho nitro benzene ring substituents is 1. The lowest BCUT2D eigenvalue weighted by Crippen LogP contribution is -1.90. The number of nitro groups is 1. The summed E-state index contributed by atoms with van der Waals surface area (Å²) in [5, 5.41) is 16.9. The molecule has 0 saturated heterocycles. The predicted molar refractivity (Wildman–Crippen MR) is 42.7 cm³/mol. The summed E-state index contributed by atoms with van der Waals surface area (Å²) in [5.74, 6) is -0.638. The molecular weight excluding hydrogens is 177 g/mol. The van der Waals surface area contributed by atoms with Gasteiger partial charge >= 0.3 is 0 Å². The van der Waals surface area contributed by atoms with E-state index in [1.54, 1.807) is 0 Å². The second-order valence-corrected chi connectivity index (χ2v) is 2.52. The highest BCUT2D eigenvalue weighted by Crippen LogP contribution is 2.24. The van der Waals surface area contributed by atoms with E-state index in [1.165, 1.54) is 12.3 Å². The lowest BCUT2D eigenvalue weighted by molar-refractivity contribution is -0.383. The summed E-state index contributed by atoms with van der Waals surface area (Å²) in [6.45, 7) is 0. The van der Waals surface area contributed by atoms with Gasteiger partial charge in [-0.05, 0) is 6.07 Å². The van der Waals surface area contributed by atoms with Crippen molar-refractivity contribution in [2.45, 2.75) is 0 Å². The molecular formula is C7H4FN3O2. The van der Waals surface area contributed by atoms with Crippen LogP contribution in [0.1, 0.15) is 0 Å². The van der Waals surface area contributed by atoms with E-state index in [9.17, 15) is 14.5 Å². The molecule has 0 bridgehead atoms. The normalized spacial score (nSPS) is 10.5. The molecule has 0 aliphatic heterocycles. The Morgan fingerprint density at radius 2 is 2.31 bits per heavy atom. The third kappa shape index (κ3) is 1.12. The highest BCUT2D eigenvalue weighted by Gasteiger charge is 2.14. The second-order valence-electron chi connectivity index (χ2n) is 2.52. The molecule has 1 heterocycles. The fourth-order valence-electron chi connectivity index (χ4n) is 1.15. The quantitative estimate of drug-likeness (QED) is 0.536. The maximum Gasteiger partial charge on any atom is 0.297 e. The summed E-state index contributed by atoms with van der Waals surface area (Å²) in [5.41, 5.74) is -0.0566. The van der Waals surface area contributed by atoms with Crippen molar-refractivity contribution in [1.29, 1.82) is 0 Å². The topological polar surface area (TPSA) is 71.8 Å². The van der Waals surface area contributed by atoms with E-state index < -0.39 is 10.7 Å². The first-order valence-corrected chi connectivity index (χ1v) is 3.45. The fraction of sp³-hybridized carbons (Fsp3) is 0. The van der Waals surface area contributed by atoms with Gasteiger partial charge in [0.1, 0.15) is 11.3 Å². The number of benzene rings is 1. The van der Waals surface area contributed by atoms with Gasteiger partial charge < -0.3 is 0 Å². The van der Waals surface area contributed by atoms with E-state index in [2.05, 4.69) is 10.2 Å². The minimum atomic E-state index is -0.649. The van der Waals surface area contributed by atoms with Gasteiger partial charge in [-0.15, -0.1) is 0 Å². The zero-order valence-electron chi connectivity index (χ0n) is 6.32. The van der Waals surface area contributed by atoms with Crippen molar-refractivity contribution in [3.8, 4) is 0 Å². The molecule has 0 saturated carbocycles. The molecule has 0 unspecified atom stereocenters. The van der Waals surface area contributed by atoms with E-state index >= 15 is 0 Å². The molecule has 2 rings (SSSR count). The summed E-state index contributed by atoms with van der Waals surface area (Å²) in [6.07, 6.45) is 1.34. The van der Waals surface area contributed by atoms with Crippen molar-refractivity contribution in [1.82, 2.24) is 10.2 Å². The summed E-state index contributed by atoms with van der Waals surface area (Å²) >= 11 is 0. The largest absolute Gasteiger partial charge is 0.297 e. The molecule has 0 aliphatic rings. The van der Waals surface area contributed by atoms with Crippen LogP contribution >= 0.6 is 0 Å². The van der Waals surface area contributed by atoms with Crippen LogP contribution in [0.2, 0.25) is 0 Å². The number of H-pyrrole nitrogens is 1. The van der Waals surface area contributed by atoms with Crippen molar-refractivity contribution >= 4 is 16.6 Å². The molecule has 6 heteroatoms. The van der Waals surface area contributed by atoms with E-state index in [1.807, 2.05) is 0 Å². The summed E-state index contributed by atoms with van der Waals surface area (Å²) in [7, 11) is 0. The molecule has 0 aliphatic carbocycles. The minimum Gasteiger partial charge on any atom is -0.271 e. The van der Waals surface area contributed by atoms with Crippen molar-refractivity contribution in [2.24, 2.45) is 0 Å². The zero-order valence-corrected chi connectivity index (χ0v) is 6.32. The summed E-state index contributed by atoms with van der Waals surface area (Å²) < 4.78 is 12.8. The van der Waals surface area contributed by atoms with E-state index in [-0.39, 0.29) is 11.2 Å². The predicted octanol–water partition coefficient (Wildman–Crippen LogP) is 1.61. The van der Waals surface area contributed by atoms with Crippen molar-refractivity contribution < 1.29 is 9.31 Å². The van der Waals surface area contributed by atoms with Crippen LogP contribution in [0, 0.1) is 15.9 Å². The highest BCUT2D eigenvalue weighted by atomic mass is 19.1. The van der Waals surface area contributed by atoms with Gasteiger partial charge in [0.15, 0.2) is 0 Å². The molecule has 1 aromatic heterocycles. The number of aromatic nitrogens is 2. The Kier molecular flexibility index (Phi) is 1.48. The smallest absolute Gasteiger partial charge is 0.271 e. The molecule has 0 atom stereocenters. The third-order valence-corrected chi connectivity index (χ3v) is 1.69. The standard InChI is InChI=1S/C7H4FN3O2/c8-5-1-4-3-9-10-7(4)6(2-5)11(12)13/h1-3H,(H,9,10). The number of aromatic amines is 1. The molecule has 66 valence electrons. The summed E-state index contributed by atoms with van der Waals surface area (Å²) in [4.78, 5) is 9.81. The number of rotatable bonds is 1. The van der Waals surface area contributed by atoms with Gasteiger partial charge in [0.2, 0.25) is 0 Å². The Morgan fingerprint density at radius 1 is 1.54 bits per heavy atom. The number of nitrogens with zero attached hydrogens (tertiary/aromatic N) is 2. The number of hydrogen-bond acceptors (Lipinski definition) is 3. The highest BCUT2D eigenvalue weighted by molar-refractivity contribution is 5.86. The number of nitrogens with one attached hydrogen (secondary N) is 1. The molecule has 5 nitrogen and oxygen atoms in total. The Balaban J connectivity index is 2.84. The molecule has 0 spiro atoms. The average Bonchev–Trinajstić information content (AvgIpc) is 2.49. The fourth-order valence-corrected chi connectivity index (χ4v) is 1.15. The molecule has 0 radical (unpaired) electrons. The van der Waals surface area contributed by atoms with Gasteiger partial charge in [-0.25, -0.2) is 4.39 Å². The van der Waals surface area contributed by atoms with Gasteiger partial charge in [-0.2, -0.15) is 5.10 Å². The number of nitro benzene ring substituents is 1. The zero-order chi connectivity index (χ0) is 9.42. The van der Waals surface area contributed by atoms with Crippen molar-refractivity contribution in [3.05, 3.63) is 34.3 Å². The first-order chi connectivity index (χ1) is 6.18. The number of fused-ring (bicyclic) bond motifs is 1. The molecule has 13 heavy (non-hydrogen) atoms. The first kappa shape index (κ1) is 7.66. The minimum absolute atomic E-state index is 0.242. The Bertz CT molecular complexity index is 480. The molecule has 0 amide bonds. The van der Waals surface area contributed by atoms with Crippen molar-refractivity contribution in [2.75, 3.05) is 0 Å². The van der Waals surface area contributed by atoms with Crippen LogP contribution in [0.5, 0.6) is 0 Å². The third-order valence-electron chi connectivity index (χ3n) is 1.69. The van der Waals surface area contributed by atoms with Crippen LogP contribution < -0.4 is 0 Å². The van der Waals surface area contributed by atoms with Crippen LogP contribution in [0.3, 0.4) is 0 Å². The van der Waals surface area contributed by atoms with Gasteiger partial charge in [0, 0.05) is 5.39 Å².